The van der Waals surface area contributed by atoms with Crippen LogP contribution in [-0.4, -0.2) is 37.2 Å². The summed E-state index contributed by atoms with van der Waals surface area (Å²) < 4.78 is 16.8. The molecule has 0 aliphatic heterocycles. The highest BCUT2D eigenvalue weighted by Gasteiger charge is 2.19. The van der Waals surface area contributed by atoms with Crippen LogP contribution in [0.3, 0.4) is 0 Å². The van der Waals surface area contributed by atoms with Crippen LogP contribution in [0, 0.1) is 0 Å². The van der Waals surface area contributed by atoms with Gasteiger partial charge in [-0.1, -0.05) is 281 Å². The molecule has 0 spiro atoms. The summed E-state index contributed by atoms with van der Waals surface area (Å²) in [5.74, 6) is -0.884. The van der Waals surface area contributed by atoms with Crippen LogP contribution in [0.25, 0.3) is 0 Å². The summed E-state index contributed by atoms with van der Waals surface area (Å²) in [5, 5.41) is 0. The number of allylic oxidation sites excluding steroid dienone is 8. The number of ether oxygens (including phenoxy) is 3. The molecule has 420 valence electrons. The molecule has 0 aromatic rings. The Morgan fingerprint density at radius 1 is 0.278 bits per heavy atom. The summed E-state index contributed by atoms with van der Waals surface area (Å²) >= 11 is 0. The average Bonchev–Trinajstić information content (AvgIpc) is 3.38. The van der Waals surface area contributed by atoms with E-state index in [0.717, 1.165) is 89.9 Å². The summed E-state index contributed by atoms with van der Waals surface area (Å²) in [7, 11) is 0. The van der Waals surface area contributed by atoms with Crippen molar-refractivity contribution < 1.29 is 28.6 Å². The minimum atomic E-state index is -0.774. The number of unbranched alkanes of at least 4 members (excludes halogenated alkanes) is 39. The molecule has 0 saturated heterocycles. The molecule has 0 amide bonds. The first-order valence-electron chi connectivity index (χ1n) is 31.6. The van der Waals surface area contributed by atoms with Gasteiger partial charge in [0.25, 0.3) is 0 Å². The second-order valence-electron chi connectivity index (χ2n) is 21.3. The largest absolute Gasteiger partial charge is 0.462 e. The van der Waals surface area contributed by atoms with Gasteiger partial charge in [0.05, 0.1) is 0 Å². The molecule has 6 nitrogen and oxygen atoms in total. The van der Waals surface area contributed by atoms with Crippen molar-refractivity contribution in [3.8, 4) is 0 Å². The first-order chi connectivity index (χ1) is 35.5. The van der Waals surface area contributed by atoms with Crippen LogP contribution < -0.4 is 0 Å². The highest BCUT2D eigenvalue weighted by molar-refractivity contribution is 5.71. The lowest BCUT2D eigenvalue weighted by molar-refractivity contribution is -0.167. The number of esters is 3. The predicted octanol–water partition coefficient (Wildman–Crippen LogP) is 21.4. The maximum absolute atomic E-state index is 12.8. The van der Waals surface area contributed by atoms with Crippen LogP contribution in [-0.2, 0) is 28.6 Å². The van der Waals surface area contributed by atoms with E-state index in [1.165, 1.54) is 205 Å². The first-order valence-corrected chi connectivity index (χ1v) is 31.6. The molecule has 0 N–H and O–H groups in total. The molecule has 0 aromatic carbocycles. The van der Waals surface area contributed by atoms with Crippen molar-refractivity contribution in [2.45, 2.75) is 341 Å². The molecule has 6 heteroatoms. The summed E-state index contributed by atoms with van der Waals surface area (Å²) in [4.78, 5) is 37.9. The van der Waals surface area contributed by atoms with Crippen LogP contribution in [0.4, 0.5) is 0 Å². The summed E-state index contributed by atoms with van der Waals surface area (Å²) in [6, 6.07) is 0. The third kappa shape index (κ3) is 58.3. The molecule has 1 atom stereocenters. The van der Waals surface area contributed by atoms with Gasteiger partial charge in [-0.25, -0.2) is 0 Å². The third-order valence-electron chi connectivity index (χ3n) is 14.1. The molecular weight excluding hydrogens is 889 g/mol. The fraction of sp³-hybridized carbons (Fsp3) is 0.833. The van der Waals surface area contributed by atoms with E-state index < -0.39 is 6.10 Å². The first kappa shape index (κ1) is 69.4. The molecule has 72 heavy (non-hydrogen) atoms. The molecule has 0 radical (unpaired) electrons. The Balaban J connectivity index is 3.93. The van der Waals surface area contributed by atoms with Crippen LogP contribution in [0.5, 0.6) is 0 Å². The average molecular weight is 1010 g/mol. The number of hydrogen-bond acceptors (Lipinski definition) is 6. The maximum Gasteiger partial charge on any atom is 0.306 e. The van der Waals surface area contributed by atoms with Gasteiger partial charge in [-0.2, -0.15) is 0 Å². The molecule has 0 aliphatic rings. The van der Waals surface area contributed by atoms with Gasteiger partial charge >= 0.3 is 17.9 Å². The van der Waals surface area contributed by atoms with Gasteiger partial charge in [0.15, 0.2) is 6.10 Å². The SMILES string of the molecule is CCCCC/C=C\C/C=C\CCCCCCCC(=O)OC(COC(=O)CCCCCCCC)COC(=O)CCCCCCCCCCCCCCCCCCCCCCC/C=C\C/C=C\CCCCCCC. The fourth-order valence-corrected chi connectivity index (χ4v) is 9.27. The lowest BCUT2D eigenvalue weighted by atomic mass is 10.0. The van der Waals surface area contributed by atoms with Gasteiger partial charge in [0.2, 0.25) is 0 Å². The highest BCUT2D eigenvalue weighted by Crippen LogP contribution is 2.17. The quantitative estimate of drug-likeness (QED) is 0.0261. The van der Waals surface area contributed by atoms with Crippen molar-refractivity contribution in [2.75, 3.05) is 13.2 Å². The Morgan fingerprint density at radius 3 is 0.792 bits per heavy atom. The summed E-state index contributed by atoms with van der Waals surface area (Å²) in [6.07, 6.45) is 76.0. The van der Waals surface area contributed by atoms with Crippen molar-refractivity contribution in [1.29, 1.82) is 0 Å². The molecular formula is C66H120O6. The zero-order valence-electron chi connectivity index (χ0n) is 48.2. The maximum atomic E-state index is 12.8. The van der Waals surface area contributed by atoms with E-state index in [4.69, 9.17) is 14.2 Å². The van der Waals surface area contributed by atoms with E-state index in [1.54, 1.807) is 0 Å². The molecule has 0 bridgehead atoms. The third-order valence-corrected chi connectivity index (χ3v) is 14.1. The zero-order chi connectivity index (χ0) is 52.2. The van der Waals surface area contributed by atoms with Crippen LogP contribution >= 0.6 is 0 Å². The van der Waals surface area contributed by atoms with Crippen molar-refractivity contribution in [1.82, 2.24) is 0 Å². The topological polar surface area (TPSA) is 78.9 Å². The van der Waals surface area contributed by atoms with Gasteiger partial charge in [-0.05, 0) is 83.5 Å². The van der Waals surface area contributed by atoms with Gasteiger partial charge in [0, 0.05) is 19.3 Å². The lowest BCUT2D eigenvalue weighted by Gasteiger charge is -2.18. The predicted molar refractivity (Wildman–Crippen MR) is 312 cm³/mol. The van der Waals surface area contributed by atoms with Crippen LogP contribution in [0.2, 0.25) is 0 Å². The van der Waals surface area contributed by atoms with Gasteiger partial charge in [0.1, 0.15) is 13.2 Å². The fourth-order valence-electron chi connectivity index (χ4n) is 9.27. The van der Waals surface area contributed by atoms with Crippen molar-refractivity contribution in [3.63, 3.8) is 0 Å². The lowest BCUT2D eigenvalue weighted by Crippen LogP contribution is -2.30. The Morgan fingerprint density at radius 2 is 0.500 bits per heavy atom. The van der Waals surface area contributed by atoms with Gasteiger partial charge < -0.3 is 14.2 Å². The van der Waals surface area contributed by atoms with Gasteiger partial charge in [-0.3, -0.25) is 14.4 Å². The van der Waals surface area contributed by atoms with Crippen molar-refractivity contribution in [3.05, 3.63) is 48.6 Å². The van der Waals surface area contributed by atoms with Crippen molar-refractivity contribution >= 4 is 17.9 Å². The summed E-state index contributed by atoms with van der Waals surface area (Å²) in [5.41, 5.74) is 0. The normalized spacial score (nSPS) is 12.3. The molecule has 0 aliphatic carbocycles. The monoisotopic (exact) mass is 1010 g/mol. The van der Waals surface area contributed by atoms with E-state index in [9.17, 15) is 14.4 Å². The molecule has 0 heterocycles. The van der Waals surface area contributed by atoms with E-state index in [1.807, 2.05) is 0 Å². The second kappa shape index (κ2) is 60.9. The Labute approximate surface area is 448 Å². The van der Waals surface area contributed by atoms with E-state index in [0.29, 0.717) is 19.3 Å². The molecule has 0 aromatic heterocycles. The van der Waals surface area contributed by atoms with Crippen LogP contribution in [0.15, 0.2) is 48.6 Å². The zero-order valence-corrected chi connectivity index (χ0v) is 48.2. The minimum absolute atomic E-state index is 0.0751. The van der Waals surface area contributed by atoms with E-state index in [-0.39, 0.29) is 31.1 Å². The Hall–Kier alpha value is -2.63. The number of hydrogen-bond donors (Lipinski definition) is 0. The number of carbonyl (C=O) groups is 3. The smallest absolute Gasteiger partial charge is 0.306 e. The Kier molecular flexibility index (Phi) is 58.7. The summed E-state index contributed by atoms with van der Waals surface area (Å²) in [6.45, 7) is 6.56. The van der Waals surface area contributed by atoms with Gasteiger partial charge in [-0.15, -0.1) is 0 Å². The van der Waals surface area contributed by atoms with E-state index >= 15 is 0 Å². The molecule has 0 rings (SSSR count). The van der Waals surface area contributed by atoms with Crippen molar-refractivity contribution in [2.24, 2.45) is 0 Å². The Bertz CT molecular complexity index is 1250. The molecule has 0 fully saturated rings. The minimum Gasteiger partial charge on any atom is -0.462 e. The highest BCUT2D eigenvalue weighted by atomic mass is 16.6. The van der Waals surface area contributed by atoms with Crippen LogP contribution in [0.1, 0.15) is 335 Å². The number of rotatable bonds is 58. The number of carbonyl (C=O) groups excluding carboxylic acids is 3. The molecule has 1 unspecified atom stereocenters. The van der Waals surface area contributed by atoms with E-state index in [2.05, 4.69) is 69.4 Å². The second-order valence-corrected chi connectivity index (χ2v) is 21.3. The molecule has 0 saturated carbocycles. The standard InChI is InChI=1S/C66H120O6/c1-4-7-10-13-16-18-20-22-24-25-26-27-28-29-30-31-32-33-34-35-36-37-38-39-40-41-43-44-46-48-50-53-56-59-65(68)71-62-63(61-70-64(67)58-55-52-15-12-9-6-3)72-66(69)60-57-54-51-49-47-45-42-23-21-19-17-14-11-8-5-2/h17,19-20,22-23,25-26,42,63H,4-16,18,21,24,27-41,43-62H2,1-3H3/b19-17-,22-20-,26-25-,42-23-.